The van der Waals surface area contributed by atoms with Crippen molar-refractivity contribution in [2.75, 3.05) is 13.7 Å². The van der Waals surface area contributed by atoms with E-state index in [4.69, 9.17) is 9.15 Å². The van der Waals surface area contributed by atoms with Crippen molar-refractivity contribution >= 4 is 33.4 Å². The molecule has 0 aliphatic rings. The second-order valence-electron chi connectivity index (χ2n) is 3.50. The van der Waals surface area contributed by atoms with Crippen LogP contribution in [0.1, 0.15) is 17.3 Å². The first-order valence-electron chi connectivity index (χ1n) is 5.40. The normalized spacial score (nSPS) is 10.4. The lowest BCUT2D eigenvalue weighted by Crippen LogP contribution is -2.18. The summed E-state index contributed by atoms with van der Waals surface area (Å²) < 4.78 is 15.1. The van der Waals surface area contributed by atoms with E-state index in [9.17, 15) is 14.4 Å². The first kappa shape index (κ1) is 13.3. The molecule has 0 aliphatic carbocycles. The van der Waals surface area contributed by atoms with Crippen molar-refractivity contribution in [3.05, 3.63) is 27.4 Å². The highest BCUT2D eigenvalue weighted by Crippen LogP contribution is 2.28. The maximum Gasteiger partial charge on any atom is 0.396 e. The number of methoxy groups -OCH3 is 1. The molecule has 2 aromatic rings. The van der Waals surface area contributed by atoms with Crippen LogP contribution in [0.4, 0.5) is 0 Å². The van der Waals surface area contributed by atoms with Crippen molar-refractivity contribution in [1.29, 1.82) is 0 Å². The molecule has 0 amide bonds. The second-order valence-corrected chi connectivity index (χ2v) is 4.48. The van der Waals surface area contributed by atoms with Crippen LogP contribution in [0.3, 0.4) is 0 Å². The molecule has 0 saturated carbocycles. The van der Waals surface area contributed by atoms with Gasteiger partial charge in [0.15, 0.2) is 5.58 Å². The lowest BCUT2D eigenvalue weighted by molar-refractivity contribution is -0.137. The minimum Gasteiger partial charge on any atom is -0.496 e. The largest absolute Gasteiger partial charge is 0.496 e. The number of Topliss-reactive ketones (excluding diaryl/α,β-unsaturated/α-hetero) is 1. The van der Waals surface area contributed by atoms with Gasteiger partial charge in [-0.05, 0) is 13.0 Å². The summed E-state index contributed by atoms with van der Waals surface area (Å²) in [4.78, 5) is 34.0. The Morgan fingerprint density at radius 3 is 2.74 bits per heavy atom. The van der Waals surface area contributed by atoms with Gasteiger partial charge in [0.1, 0.15) is 5.75 Å². The standard InChI is InChI=1S/C12H10O6S/c1-3-17-11(14)10(13)6-4-8-9(5-7(6)16-2)19-12(15)18-8/h4-5H,3H2,1-2H3. The molecular formula is C12H10O6S. The topological polar surface area (TPSA) is 82.8 Å². The van der Waals surface area contributed by atoms with Crippen LogP contribution in [0.15, 0.2) is 21.3 Å². The van der Waals surface area contributed by atoms with Crippen LogP contribution < -0.4 is 9.68 Å². The van der Waals surface area contributed by atoms with Gasteiger partial charge in [0, 0.05) is 6.07 Å². The van der Waals surface area contributed by atoms with Crippen molar-refractivity contribution in [3.8, 4) is 5.75 Å². The summed E-state index contributed by atoms with van der Waals surface area (Å²) in [7, 11) is 1.37. The lowest BCUT2D eigenvalue weighted by atomic mass is 10.1. The number of benzene rings is 1. The van der Waals surface area contributed by atoms with E-state index >= 15 is 0 Å². The summed E-state index contributed by atoms with van der Waals surface area (Å²) >= 11 is 0.891. The zero-order valence-corrected chi connectivity index (χ0v) is 11.0. The van der Waals surface area contributed by atoms with E-state index in [2.05, 4.69) is 4.74 Å². The number of fused-ring (bicyclic) bond motifs is 1. The van der Waals surface area contributed by atoms with Gasteiger partial charge in [-0.25, -0.2) is 9.59 Å². The smallest absolute Gasteiger partial charge is 0.396 e. The van der Waals surface area contributed by atoms with Gasteiger partial charge in [-0.2, -0.15) is 0 Å². The zero-order valence-electron chi connectivity index (χ0n) is 10.2. The SMILES string of the molecule is CCOC(=O)C(=O)c1cc2oc(=O)sc2cc1OC. The molecule has 0 spiro atoms. The number of ketones is 1. The third kappa shape index (κ3) is 2.50. The van der Waals surface area contributed by atoms with E-state index in [0.29, 0.717) is 4.70 Å². The number of carbonyl (C=O) groups is 2. The molecule has 1 aromatic carbocycles. The van der Waals surface area contributed by atoms with Gasteiger partial charge in [0.05, 0.1) is 24.0 Å². The maximum atomic E-state index is 11.9. The van der Waals surface area contributed by atoms with Gasteiger partial charge in [-0.15, -0.1) is 0 Å². The minimum absolute atomic E-state index is 0.00926. The van der Waals surface area contributed by atoms with Crippen LogP contribution in [0.2, 0.25) is 0 Å². The second kappa shape index (κ2) is 5.23. The van der Waals surface area contributed by atoms with Gasteiger partial charge in [0.25, 0.3) is 5.78 Å². The van der Waals surface area contributed by atoms with Gasteiger partial charge in [-0.1, -0.05) is 11.3 Å². The molecule has 1 heterocycles. The van der Waals surface area contributed by atoms with Crippen molar-refractivity contribution in [2.24, 2.45) is 0 Å². The van der Waals surface area contributed by atoms with Gasteiger partial charge in [-0.3, -0.25) is 4.79 Å². The molecule has 19 heavy (non-hydrogen) atoms. The number of hydrogen-bond acceptors (Lipinski definition) is 7. The Hall–Kier alpha value is -2.15. The molecule has 0 atom stereocenters. The third-order valence-corrected chi connectivity index (χ3v) is 3.15. The Bertz CT molecular complexity index is 696. The molecule has 7 heteroatoms. The molecule has 0 bridgehead atoms. The van der Waals surface area contributed by atoms with Crippen molar-refractivity contribution in [1.82, 2.24) is 0 Å². The van der Waals surface area contributed by atoms with Crippen molar-refractivity contribution in [3.63, 3.8) is 0 Å². The van der Waals surface area contributed by atoms with Crippen LogP contribution in [-0.2, 0) is 9.53 Å². The van der Waals surface area contributed by atoms with Crippen molar-refractivity contribution in [2.45, 2.75) is 6.92 Å². The Labute approximate surface area is 111 Å². The first-order valence-corrected chi connectivity index (χ1v) is 6.21. The molecule has 0 radical (unpaired) electrons. The molecule has 100 valence electrons. The average Bonchev–Trinajstić information content (AvgIpc) is 2.75. The van der Waals surface area contributed by atoms with E-state index in [1.807, 2.05) is 0 Å². The molecule has 0 fully saturated rings. The van der Waals surface area contributed by atoms with E-state index in [1.54, 1.807) is 6.92 Å². The molecule has 0 unspecified atom stereocenters. The average molecular weight is 282 g/mol. The Kier molecular flexibility index (Phi) is 3.66. The molecule has 0 N–H and O–H groups in total. The molecule has 1 aromatic heterocycles. The van der Waals surface area contributed by atoms with E-state index in [1.165, 1.54) is 19.2 Å². The molecule has 0 aliphatic heterocycles. The molecule has 0 saturated heterocycles. The highest BCUT2D eigenvalue weighted by molar-refractivity contribution is 7.16. The highest BCUT2D eigenvalue weighted by atomic mass is 32.1. The Balaban J connectivity index is 2.54. The summed E-state index contributed by atoms with van der Waals surface area (Å²) in [6.45, 7) is 1.70. The van der Waals surface area contributed by atoms with Crippen LogP contribution in [-0.4, -0.2) is 25.5 Å². The van der Waals surface area contributed by atoms with E-state index in [0.717, 1.165) is 11.3 Å². The highest BCUT2D eigenvalue weighted by Gasteiger charge is 2.23. The molecule has 2 rings (SSSR count). The maximum absolute atomic E-state index is 11.9. The fourth-order valence-electron chi connectivity index (χ4n) is 1.55. The summed E-state index contributed by atoms with van der Waals surface area (Å²) in [6.07, 6.45) is 0. The van der Waals surface area contributed by atoms with Crippen LogP contribution in [0.5, 0.6) is 5.75 Å². The Morgan fingerprint density at radius 2 is 2.11 bits per heavy atom. The first-order chi connectivity index (χ1) is 9.06. The number of hydrogen-bond donors (Lipinski definition) is 0. The quantitative estimate of drug-likeness (QED) is 0.481. The summed E-state index contributed by atoms with van der Waals surface area (Å²) in [5.74, 6) is -1.62. The lowest BCUT2D eigenvalue weighted by Gasteiger charge is -2.06. The fourth-order valence-corrected chi connectivity index (χ4v) is 2.23. The number of carbonyl (C=O) groups excluding carboxylic acids is 2. The minimum atomic E-state index is -0.974. The van der Waals surface area contributed by atoms with Gasteiger partial charge >= 0.3 is 10.9 Å². The zero-order chi connectivity index (χ0) is 14.0. The number of esters is 1. The van der Waals surface area contributed by atoms with Gasteiger partial charge in [0.2, 0.25) is 0 Å². The van der Waals surface area contributed by atoms with Crippen LogP contribution in [0, 0.1) is 0 Å². The predicted molar refractivity (Wildman–Crippen MR) is 67.9 cm³/mol. The van der Waals surface area contributed by atoms with E-state index < -0.39 is 16.7 Å². The molecule has 6 nitrogen and oxygen atoms in total. The van der Waals surface area contributed by atoms with Crippen LogP contribution in [0.25, 0.3) is 10.3 Å². The predicted octanol–water partition coefficient (Wildman–Crippen LogP) is 1.61. The van der Waals surface area contributed by atoms with Crippen molar-refractivity contribution < 1.29 is 23.5 Å². The number of rotatable bonds is 4. The summed E-state index contributed by atoms with van der Waals surface area (Å²) in [6, 6.07) is 2.79. The summed E-state index contributed by atoms with van der Waals surface area (Å²) in [5.41, 5.74) is 0.249. The third-order valence-electron chi connectivity index (χ3n) is 2.36. The monoisotopic (exact) mass is 282 g/mol. The van der Waals surface area contributed by atoms with Crippen LogP contribution >= 0.6 is 11.3 Å². The fraction of sp³-hybridized carbons (Fsp3) is 0.250. The summed E-state index contributed by atoms with van der Waals surface area (Å²) in [5, 5.41) is 0. The van der Waals surface area contributed by atoms with Gasteiger partial charge < -0.3 is 13.9 Å². The van der Waals surface area contributed by atoms with E-state index in [-0.39, 0.29) is 23.5 Å². The Morgan fingerprint density at radius 1 is 1.37 bits per heavy atom. The number of ether oxygens (including phenoxy) is 2. The molecular weight excluding hydrogens is 272 g/mol.